The Bertz CT molecular complexity index is 506. The number of carbonyl (C=O) groups is 1. The van der Waals surface area contributed by atoms with E-state index < -0.39 is 0 Å². The fourth-order valence-electron chi connectivity index (χ4n) is 3.84. The SMILES string of the molecule is O=C(NC1(CO)CCCCC1)C1CCc2ccccc2C1. The van der Waals surface area contributed by atoms with Crippen LogP contribution in [0, 0.1) is 5.92 Å². The number of benzene rings is 1. The first kappa shape index (κ1) is 14.6. The van der Waals surface area contributed by atoms with Crippen LogP contribution in [0.2, 0.25) is 0 Å². The molecule has 0 saturated heterocycles. The molecule has 0 aliphatic heterocycles. The molecule has 3 nitrogen and oxygen atoms in total. The number of nitrogens with one attached hydrogen (secondary N) is 1. The van der Waals surface area contributed by atoms with Crippen LogP contribution in [0.4, 0.5) is 0 Å². The molecule has 114 valence electrons. The molecule has 0 aromatic heterocycles. The Balaban J connectivity index is 1.66. The predicted molar refractivity (Wildman–Crippen MR) is 83.0 cm³/mol. The number of aliphatic hydroxyl groups excluding tert-OH is 1. The van der Waals surface area contributed by atoms with E-state index in [0.717, 1.165) is 44.9 Å². The van der Waals surface area contributed by atoms with Crippen molar-refractivity contribution in [2.24, 2.45) is 5.92 Å². The highest BCUT2D eigenvalue weighted by molar-refractivity contribution is 5.80. The fourth-order valence-corrected chi connectivity index (χ4v) is 3.84. The lowest BCUT2D eigenvalue weighted by atomic mass is 9.80. The second kappa shape index (κ2) is 6.18. The van der Waals surface area contributed by atoms with Crippen LogP contribution in [0.1, 0.15) is 49.7 Å². The van der Waals surface area contributed by atoms with Crippen LogP contribution >= 0.6 is 0 Å². The molecular formula is C18H25NO2. The molecule has 2 aliphatic rings. The minimum atomic E-state index is -0.355. The molecule has 1 unspecified atom stereocenters. The van der Waals surface area contributed by atoms with Crippen LogP contribution in [-0.2, 0) is 17.6 Å². The predicted octanol–water partition coefficient (Wildman–Crippen LogP) is 2.60. The molecule has 1 saturated carbocycles. The van der Waals surface area contributed by atoms with E-state index in [1.54, 1.807) is 0 Å². The molecule has 1 amide bonds. The van der Waals surface area contributed by atoms with E-state index in [2.05, 4.69) is 29.6 Å². The summed E-state index contributed by atoms with van der Waals surface area (Å²) >= 11 is 0. The van der Waals surface area contributed by atoms with E-state index in [1.807, 2.05) is 0 Å². The minimum Gasteiger partial charge on any atom is -0.394 e. The van der Waals surface area contributed by atoms with E-state index >= 15 is 0 Å². The third-order valence-electron chi connectivity index (χ3n) is 5.22. The highest BCUT2D eigenvalue weighted by Crippen LogP contribution is 2.30. The number of carbonyl (C=O) groups excluding carboxylic acids is 1. The summed E-state index contributed by atoms with van der Waals surface area (Å²) in [5, 5.41) is 12.9. The van der Waals surface area contributed by atoms with Gasteiger partial charge in [-0.15, -0.1) is 0 Å². The first-order valence-electron chi connectivity index (χ1n) is 8.22. The minimum absolute atomic E-state index is 0.0604. The van der Waals surface area contributed by atoms with Crippen molar-refractivity contribution in [3.63, 3.8) is 0 Å². The van der Waals surface area contributed by atoms with Gasteiger partial charge in [0, 0.05) is 5.92 Å². The van der Waals surface area contributed by atoms with E-state index in [0.29, 0.717) is 0 Å². The molecule has 2 N–H and O–H groups in total. The Labute approximate surface area is 126 Å². The van der Waals surface area contributed by atoms with Crippen LogP contribution in [0.25, 0.3) is 0 Å². The maximum Gasteiger partial charge on any atom is 0.223 e. The molecular weight excluding hydrogens is 262 g/mol. The van der Waals surface area contributed by atoms with Gasteiger partial charge in [-0.3, -0.25) is 4.79 Å². The highest BCUT2D eigenvalue weighted by atomic mass is 16.3. The molecule has 1 aromatic carbocycles. The standard InChI is InChI=1S/C18H25NO2/c20-13-18(10-4-1-5-11-18)19-17(21)16-9-8-14-6-2-3-7-15(14)12-16/h2-3,6-7,16,20H,1,4-5,8-13H2,(H,19,21). The van der Waals surface area contributed by atoms with Gasteiger partial charge in [0.05, 0.1) is 12.1 Å². The van der Waals surface area contributed by atoms with Crippen molar-refractivity contribution >= 4 is 5.91 Å². The molecule has 3 rings (SSSR count). The summed E-state index contributed by atoms with van der Waals surface area (Å²) in [7, 11) is 0. The van der Waals surface area contributed by atoms with Gasteiger partial charge in [0.2, 0.25) is 5.91 Å². The van der Waals surface area contributed by atoms with Gasteiger partial charge in [0.25, 0.3) is 0 Å². The molecule has 0 spiro atoms. The van der Waals surface area contributed by atoms with Crippen molar-refractivity contribution in [2.75, 3.05) is 6.61 Å². The third-order valence-corrected chi connectivity index (χ3v) is 5.22. The summed E-state index contributed by atoms with van der Waals surface area (Å²) in [4.78, 5) is 12.6. The Morgan fingerprint density at radius 3 is 2.62 bits per heavy atom. The van der Waals surface area contributed by atoms with Crippen LogP contribution in [0.3, 0.4) is 0 Å². The summed E-state index contributed by atoms with van der Waals surface area (Å²) in [6.07, 6.45) is 8.00. The molecule has 2 aliphatic carbocycles. The molecule has 0 heterocycles. The van der Waals surface area contributed by atoms with Crippen molar-refractivity contribution in [3.05, 3.63) is 35.4 Å². The third kappa shape index (κ3) is 3.13. The van der Waals surface area contributed by atoms with Crippen molar-refractivity contribution in [2.45, 2.75) is 56.9 Å². The average molecular weight is 287 g/mol. The maximum atomic E-state index is 12.6. The first-order chi connectivity index (χ1) is 10.2. The number of fused-ring (bicyclic) bond motifs is 1. The Morgan fingerprint density at radius 2 is 1.90 bits per heavy atom. The van der Waals surface area contributed by atoms with Crippen molar-refractivity contribution in [3.8, 4) is 0 Å². The van der Waals surface area contributed by atoms with E-state index in [1.165, 1.54) is 17.5 Å². The number of hydrogen-bond acceptors (Lipinski definition) is 2. The van der Waals surface area contributed by atoms with Gasteiger partial charge >= 0.3 is 0 Å². The lowest BCUT2D eigenvalue weighted by molar-refractivity contribution is -0.128. The zero-order valence-electron chi connectivity index (χ0n) is 12.6. The normalized spacial score (nSPS) is 24.1. The zero-order chi connectivity index (χ0) is 14.7. The summed E-state index contributed by atoms with van der Waals surface area (Å²) in [5.41, 5.74) is 2.34. The number of rotatable bonds is 3. The molecule has 0 radical (unpaired) electrons. The van der Waals surface area contributed by atoms with Crippen LogP contribution in [-0.4, -0.2) is 23.2 Å². The second-order valence-electron chi connectivity index (χ2n) is 6.70. The number of aryl methyl sites for hydroxylation is 1. The lowest BCUT2D eigenvalue weighted by Gasteiger charge is -2.38. The van der Waals surface area contributed by atoms with Gasteiger partial charge in [0.15, 0.2) is 0 Å². The van der Waals surface area contributed by atoms with E-state index in [-0.39, 0.29) is 24.0 Å². The molecule has 3 heteroatoms. The van der Waals surface area contributed by atoms with Gasteiger partial charge in [-0.1, -0.05) is 43.5 Å². The van der Waals surface area contributed by atoms with Gasteiger partial charge < -0.3 is 10.4 Å². The zero-order valence-corrected chi connectivity index (χ0v) is 12.6. The topological polar surface area (TPSA) is 49.3 Å². The van der Waals surface area contributed by atoms with Gasteiger partial charge in [0.1, 0.15) is 0 Å². The summed E-state index contributed by atoms with van der Waals surface area (Å²) in [6, 6.07) is 8.43. The Hall–Kier alpha value is -1.35. The summed E-state index contributed by atoms with van der Waals surface area (Å²) in [5.74, 6) is 0.200. The van der Waals surface area contributed by atoms with Gasteiger partial charge in [-0.05, 0) is 43.2 Å². The van der Waals surface area contributed by atoms with E-state index in [9.17, 15) is 9.90 Å². The number of amides is 1. The van der Waals surface area contributed by atoms with Crippen LogP contribution in [0.15, 0.2) is 24.3 Å². The lowest BCUT2D eigenvalue weighted by Crippen LogP contribution is -2.54. The summed E-state index contributed by atoms with van der Waals surface area (Å²) < 4.78 is 0. The van der Waals surface area contributed by atoms with E-state index in [4.69, 9.17) is 0 Å². The smallest absolute Gasteiger partial charge is 0.223 e. The van der Waals surface area contributed by atoms with Crippen LogP contribution < -0.4 is 5.32 Å². The van der Waals surface area contributed by atoms with Gasteiger partial charge in [-0.2, -0.15) is 0 Å². The Kier molecular flexibility index (Phi) is 4.29. The van der Waals surface area contributed by atoms with Crippen molar-refractivity contribution < 1.29 is 9.90 Å². The monoisotopic (exact) mass is 287 g/mol. The Morgan fingerprint density at radius 1 is 1.19 bits per heavy atom. The van der Waals surface area contributed by atoms with Gasteiger partial charge in [-0.25, -0.2) is 0 Å². The van der Waals surface area contributed by atoms with Crippen molar-refractivity contribution in [1.29, 1.82) is 0 Å². The van der Waals surface area contributed by atoms with Crippen LogP contribution in [0.5, 0.6) is 0 Å². The first-order valence-corrected chi connectivity index (χ1v) is 8.22. The molecule has 0 bridgehead atoms. The quantitative estimate of drug-likeness (QED) is 0.898. The van der Waals surface area contributed by atoms with Crippen molar-refractivity contribution in [1.82, 2.24) is 5.32 Å². The maximum absolute atomic E-state index is 12.6. The fraction of sp³-hybridized carbons (Fsp3) is 0.611. The molecule has 1 atom stereocenters. The highest BCUT2D eigenvalue weighted by Gasteiger charge is 2.35. The second-order valence-corrected chi connectivity index (χ2v) is 6.70. The number of hydrogen-bond donors (Lipinski definition) is 2. The number of aliphatic hydroxyl groups is 1. The average Bonchev–Trinajstić information content (AvgIpc) is 2.55. The molecule has 1 fully saturated rings. The largest absolute Gasteiger partial charge is 0.394 e. The summed E-state index contributed by atoms with van der Waals surface area (Å²) in [6.45, 7) is 0.0715. The molecule has 21 heavy (non-hydrogen) atoms. The molecule has 1 aromatic rings.